The lowest BCUT2D eigenvalue weighted by Crippen LogP contribution is -2.30. The van der Waals surface area contributed by atoms with Crippen LogP contribution in [-0.4, -0.2) is 44.1 Å². The molecule has 2 N–H and O–H groups in total. The monoisotopic (exact) mass is 540 g/mol. The number of carboxylic acid groups (broad SMARTS) is 1. The summed E-state index contributed by atoms with van der Waals surface area (Å²) in [5, 5.41) is 22.1. The molecular formula is C25H24N4O6S2. The zero-order valence-corrected chi connectivity index (χ0v) is 21.8. The third-order valence-corrected chi connectivity index (χ3v) is 7.30. The molecule has 10 nitrogen and oxygen atoms in total. The second kappa shape index (κ2) is 11.1. The molecule has 1 aromatic heterocycles. The fourth-order valence-electron chi connectivity index (χ4n) is 4.06. The lowest BCUT2D eigenvalue weighted by molar-refractivity contribution is -0.137. The van der Waals surface area contributed by atoms with Crippen molar-refractivity contribution in [2.24, 2.45) is 0 Å². The molecule has 12 heteroatoms. The van der Waals surface area contributed by atoms with Crippen molar-refractivity contribution in [1.82, 2.24) is 9.47 Å². The van der Waals surface area contributed by atoms with Crippen LogP contribution in [0.25, 0.3) is 6.08 Å². The van der Waals surface area contributed by atoms with Crippen molar-refractivity contribution in [1.29, 1.82) is 5.26 Å². The average molecular weight is 541 g/mol. The molecule has 0 aliphatic carbocycles. The van der Waals surface area contributed by atoms with E-state index >= 15 is 0 Å². The topological polar surface area (TPSA) is 134 Å². The molecule has 2 aliphatic rings. The van der Waals surface area contributed by atoms with E-state index in [4.69, 9.17) is 26.8 Å². The predicted octanol–water partition coefficient (Wildman–Crippen LogP) is 3.46. The summed E-state index contributed by atoms with van der Waals surface area (Å²) in [5.74, 6) is 0.313. The van der Waals surface area contributed by atoms with Crippen molar-refractivity contribution in [3.63, 3.8) is 0 Å². The molecule has 1 saturated heterocycles. The van der Waals surface area contributed by atoms with Crippen LogP contribution in [0, 0.1) is 18.3 Å². The van der Waals surface area contributed by atoms with Gasteiger partial charge in [0.2, 0.25) is 6.79 Å². The molecule has 0 unspecified atom stereocenters. The van der Waals surface area contributed by atoms with Crippen LogP contribution in [-0.2, 0) is 22.7 Å². The fraction of sp³-hybridized carbons (Fsp3) is 0.320. The summed E-state index contributed by atoms with van der Waals surface area (Å²) in [6.45, 7) is 4.41. The van der Waals surface area contributed by atoms with Crippen LogP contribution in [0.4, 0.5) is 5.82 Å². The third kappa shape index (κ3) is 5.33. The smallest absolute Gasteiger partial charge is 0.305 e. The summed E-state index contributed by atoms with van der Waals surface area (Å²) in [5.41, 5.74) is 1.41. The van der Waals surface area contributed by atoms with Crippen molar-refractivity contribution in [2.75, 3.05) is 18.7 Å². The number of thioether (sulfide) groups is 1. The van der Waals surface area contributed by atoms with Crippen LogP contribution in [0.15, 0.2) is 27.9 Å². The van der Waals surface area contributed by atoms with Gasteiger partial charge in [0.15, 0.2) is 11.5 Å². The number of nitrogens with one attached hydrogen (secondary N) is 1. The van der Waals surface area contributed by atoms with Crippen LogP contribution < -0.4 is 20.3 Å². The Kier molecular flexibility index (Phi) is 7.85. The number of amides is 1. The summed E-state index contributed by atoms with van der Waals surface area (Å²) in [4.78, 5) is 38.8. The van der Waals surface area contributed by atoms with E-state index in [0.717, 1.165) is 17.3 Å². The van der Waals surface area contributed by atoms with Crippen molar-refractivity contribution < 1.29 is 24.2 Å². The Labute approximate surface area is 222 Å². The maximum absolute atomic E-state index is 13.2. The van der Waals surface area contributed by atoms with Crippen molar-refractivity contribution in [3.05, 3.63) is 55.7 Å². The van der Waals surface area contributed by atoms with E-state index in [9.17, 15) is 19.6 Å². The largest absolute Gasteiger partial charge is 0.481 e. The molecular weight excluding hydrogens is 516 g/mol. The minimum absolute atomic E-state index is 0.00492. The van der Waals surface area contributed by atoms with E-state index in [0.29, 0.717) is 48.0 Å². The molecule has 1 aromatic carbocycles. The fourth-order valence-corrected chi connectivity index (χ4v) is 5.35. The van der Waals surface area contributed by atoms with Crippen LogP contribution >= 0.6 is 24.0 Å². The van der Waals surface area contributed by atoms with Gasteiger partial charge < -0.3 is 19.9 Å². The Hall–Kier alpha value is -3.82. The average Bonchev–Trinajstić information content (AvgIpc) is 3.44. The second-order valence-electron chi connectivity index (χ2n) is 8.35. The summed E-state index contributed by atoms with van der Waals surface area (Å²) < 4.78 is 12.6. The number of nitrogens with zero attached hydrogens (tertiary/aromatic N) is 3. The number of carboxylic acids is 1. The van der Waals surface area contributed by atoms with Gasteiger partial charge in [0.05, 0.1) is 11.3 Å². The highest BCUT2D eigenvalue weighted by Gasteiger charge is 2.33. The standard InChI is InChI=1S/C25H24N4O6S2/c1-3-7-28-22(27-12-15-4-5-18-19(9-15)35-13-34-18)16(14(2)17(11-26)23(28)32)10-20-24(33)29(25(36)37-20)8-6-21(30)31/h4-5,9-10,27H,3,6-8,12-13H2,1-2H3,(H,30,31)/b20-10+. The second-order valence-corrected chi connectivity index (χ2v) is 10.0. The molecule has 2 aliphatic heterocycles. The van der Waals surface area contributed by atoms with E-state index in [1.54, 1.807) is 13.0 Å². The number of carbonyl (C=O) groups is 2. The number of carbonyl (C=O) groups excluding carboxylic acids is 1. The number of hydrogen-bond donors (Lipinski definition) is 2. The molecule has 2 aromatic rings. The highest BCUT2D eigenvalue weighted by Crippen LogP contribution is 2.36. The Morgan fingerprint density at radius 1 is 1.30 bits per heavy atom. The number of nitriles is 1. The molecule has 1 amide bonds. The zero-order valence-electron chi connectivity index (χ0n) is 20.2. The quantitative estimate of drug-likeness (QED) is 0.360. The summed E-state index contributed by atoms with van der Waals surface area (Å²) in [6.07, 6.45) is 2.02. The SMILES string of the molecule is CCCn1c(NCc2ccc3c(c2)OCO3)c(/C=C2/SC(=S)N(CCC(=O)O)C2=O)c(C)c(C#N)c1=O. The number of pyridine rings is 1. The van der Waals surface area contributed by atoms with Gasteiger partial charge in [0.1, 0.15) is 21.8 Å². The van der Waals surface area contributed by atoms with Gasteiger partial charge in [-0.25, -0.2) is 0 Å². The number of ether oxygens (including phenoxy) is 2. The predicted molar refractivity (Wildman–Crippen MR) is 142 cm³/mol. The number of anilines is 1. The molecule has 0 atom stereocenters. The van der Waals surface area contributed by atoms with Gasteiger partial charge in [-0.3, -0.25) is 23.9 Å². The summed E-state index contributed by atoms with van der Waals surface area (Å²) >= 11 is 6.37. The minimum atomic E-state index is -1.03. The van der Waals surface area contributed by atoms with Gasteiger partial charge in [-0.05, 0) is 42.7 Å². The third-order valence-electron chi connectivity index (χ3n) is 5.92. The van der Waals surface area contributed by atoms with Gasteiger partial charge in [-0.2, -0.15) is 5.26 Å². The molecule has 0 bridgehead atoms. The number of benzene rings is 1. The number of fused-ring (bicyclic) bond motifs is 1. The maximum Gasteiger partial charge on any atom is 0.305 e. The Morgan fingerprint density at radius 3 is 2.76 bits per heavy atom. The number of thiocarbonyl (C=S) groups is 1. The number of rotatable bonds is 9. The molecule has 3 heterocycles. The zero-order chi connectivity index (χ0) is 26.7. The molecule has 1 fully saturated rings. The lowest BCUT2D eigenvalue weighted by atomic mass is 10.0. The number of aromatic nitrogens is 1. The van der Waals surface area contributed by atoms with Gasteiger partial charge in [-0.15, -0.1) is 0 Å². The first-order chi connectivity index (χ1) is 17.7. The summed E-state index contributed by atoms with van der Waals surface area (Å²) in [7, 11) is 0. The van der Waals surface area contributed by atoms with Gasteiger partial charge >= 0.3 is 5.97 Å². The Balaban J connectivity index is 1.76. The molecule has 192 valence electrons. The lowest BCUT2D eigenvalue weighted by Gasteiger charge is -2.20. The normalized spacial score (nSPS) is 15.4. The Morgan fingerprint density at radius 2 is 2.05 bits per heavy atom. The first kappa shape index (κ1) is 26.2. The summed E-state index contributed by atoms with van der Waals surface area (Å²) in [6, 6.07) is 7.55. The highest BCUT2D eigenvalue weighted by molar-refractivity contribution is 8.26. The van der Waals surface area contributed by atoms with E-state index in [1.807, 2.05) is 31.2 Å². The number of hydrogen-bond acceptors (Lipinski definition) is 9. The first-order valence-corrected chi connectivity index (χ1v) is 12.7. The molecule has 37 heavy (non-hydrogen) atoms. The molecule has 4 rings (SSSR count). The van der Waals surface area contributed by atoms with Gasteiger partial charge in [0.25, 0.3) is 11.5 Å². The van der Waals surface area contributed by atoms with Gasteiger partial charge in [0, 0.05) is 25.2 Å². The van der Waals surface area contributed by atoms with Crippen LogP contribution in [0.1, 0.15) is 42.0 Å². The van der Waals surface area contributed by atoms with E-state index in [2.05, 4.69) is 5.32 Å². The van der Waals surface area contributed by atoms with Crippen molar-refractivity contribution in [3.8, 4) is 17.6 Å². The molecule has 0 radical (unpaired) electrons. The molecule has 0 spiro atoms. The van der Waals surface area contributed by atoms with E-state index in [-0.39, 0.29) is 34.5 Å². The van der Waals surface area contributed by atoms with E-state index < -0.39 is 17.4 Å². The van der Waals surface area contributed by atoms with E-state index in [1.165, 1.54) is 9.47 Å². The van der Waals surface area contributed by atoms with Crippen molar-refractivity contribution in [2.45, 2.75) is 39.8 Å². The Bertz CT molecular complexity index is 1430. The van der Waals surface area contributed by atoms with Crippen molar-refractivity contribution >= 4 is 52.1 Å². The minimum Gasteiger partial charge on any atom is -0.481 e. The first-order valence-electron chi connectivity index (χ1n) is 11.5. The van der Waals surface area contributed by atoms with Crippen LogP contribution in [0.5, 0.6) is 11.5 Å². The van der Waals surface area contributed by atoms with Crippen LogP contribution in [0.2, 0.25) is 0 Å². The molecule has 0 saturated carbocycles. The number of aliphatic carboxylic acids is 1. The van der Waals surface area contributed by atoms with Gasteiger partial charge in [-0.1, -0.05) is 37.0 Å². The van der Waals surface area contributed by atoms with Crippen LogP contribution in [0.3, 0.4) is 0 Å². The maximum atomic E-state index is 13.2. The highest BCUT2D eigenvalue weighted by atomic mass is 32.2.